The molecule has 0 radical (unpaired) electrons. The molecular weight excluding hydrogens is 538 g/mol. The predicted octanol–water partition coefficient (Wildman–Crippen LogP) is 1.49. The molecule has 0 fully saturated rings. The summed E-state index contributed by atoms with van der Waals surface area (Å²) in [5.74, 6) is -7.24. The van der Waals surface area contributed by atoms with Crippen molar-refractivity contribution in [1.82, 2.24) is 5.32 Å². The summed E-state index contributed by atoms with van der Waals surface area (Å²) in [6.07, 6.45) is -0.290. The van der Waals surface area contributed by atoms with Crippen LogP contribution >= 0.6 is 11.6 Å². The van der Waals surface area contributed by atoms with E-state index in [9.17, 15) is 24.3 Å². The van der Waals surface area contributed by atoms with Crippen molar-refractivity contribution in [3.8, 4) is 11.5 Å². The average molecular weight is 566 g/mol. The van der Waals surface area contributed by atoms with Gasteiger partial charge in [-0.15, -0.1) is 0 Å². The van der Waals surface area contributed by atoms with E-state index in [1.807, 2.05) is 6.92 Å². The number of esters is 4. The third-order valence-corrected chi connectivity index (χ3v) is 5.82. The number of methoxy groups -OCH3 is 2. The molecule has 12 nitrogen and oxygen atoms in total. The van der Waals surface area contributed by atoms with Crippen molar-refractivity contribution in [2.75, 3.05) is 34.0 Å². The highest BCUT2D eigenvalue weighted by Crippen LogP contribution is 2.41. The highest BCUT2D eigenvalue weighted by atomic mass is 35.5. The molecule has 2 aromatic carbocycles. The maximum absolute atomic E-state index is 12.8. The van der Waals surface area contributed by atoms with Gasteiger partial charge in [0.25, 0.3) is 0 Å². The Morgan fingerprint density at radius 2 is 1.56 bits per heavy atom. The van der Waals surface area contributed by atoms with Crippen LogP contribution in [0.1, 0.15) is 24.2 Å². The van der Waals surface area contributed by atoms with E-state index in [0.29, 0.717) is 17.0 Å². The molecule has 1 aliphatic heterocycles. The van der Waals surface area contributed by atoms with Crippen molar-refractivity contribution in [2.45, 2.75) is 31.3 Å². The lowest BCUT2D eigenvalue weighted by molar-refractivity contribution is -0.205. The van der Waals surface area contributed by atoms with Crippen molar-refractivity contribution < 1.29 is 52.7 Å². The van der Waals surface area contributed by atoms with Crippen molar-refractivity contribution >= 4 is 35.5 Å². The van der Waals surface area contributed by atoms with Gasteiger partial charge in [-0.3, -0.25) is 0 Å². The Balaban J connectivity index is 1.69. The number of carbonyl (C=O) groups is 4. The van der Waals surface area contributed by atoms with Crippen LogP contribution in [0.15, 0.2) is 42.5 Å². The molecule has 0 amide bonds. The summed E-state index contributed by atoms with van der Waals surface area (Å²) in [6, 6.07) is 11.6. The van der Waals surface area contributed by atoms with E-state index in [4.69, 9.17) is 30.5 Å². The van der Waals surface area contributed by atoms with Gasteiger partial charge in [0, 0.05) is 17.6 Å². The van der Waals surface area contributed by atoms with E-state index in [2.05, 4.69) is 14.8 Å². The Hall–Kier alpha value is -3.87. The lowest BCUT2D eigenvalue weighted by atomic mass is 10.1. The average Bonchev–Trinajstić information content (AvgIpc) is 3.33. The van der Waals surface area contributed by atoms with E-state index < -0.39 is 49.0 Å². The number of rotatable bonds is 12. The molecule has 0 saturated heterocycles. The minimum Gasteiger partial charge on any atom is -0.466 e. The minimum absolute atomic E-state index is 0.0285. The molecule has 1 aliphatic rings. The number of carbonyl (C=O) groups excluding carboxylic acids is 4. The first-order chi connectivity index (χ1) is 18.6. The van der Waals surface area contributed by atoms with E-state index >= 15 is 0 Å². The molecule has 39 heavy (non-hydrogen) atoms. The number of ether oxygens (including phenoxy) is 6. The number of halogens is 1. The minimum atomic E-state index is -2.76. The topological polar surface area (TPSA) is 156 Å². The third kappa shape index (κ3) is 7.59. The van der Waals surface area contributed by atoms with Crippen LogP contribution in [-0.2, 0) is 44.5 Å². The van der Waals surface area contributed by atoms with E-state index in [1.165, 1.54) is 6.07 Å². The van der Waals surface area contributed by atoms with Crippen LogP contribution in [0.4, 0.5) is 0 Å². The maximum Gasteiger partial charge on any atom is 0.453 e. The molecule has 2 unspecified atom stereocenters. The van der Waals surface area contributed by atoms with Crippen LogP contribution in [0, 0.1) is 0 Å². The molecule has 3 rings (SSSR count). The number of hydrogen-bond donors (Lipinski definition) is 2. The zero-order valence-corrected chi connectivity index (χ0v) is 22.2. The summed E-state index contributed by atoms with van der Waals surface area (Å²) in [5.41, 5.74) is 1.43. The quantitative estimate of drug-likeness (QED) is 0.217. The Morgan fingerprint density at radius 1 is 0.949 bits per heavy atom. The lowest BCUT2D eigenvalue weighted by Crippen LogP contribution is -2.56. The van der Waals surface area contributed by atoms with Crippen molar-refractivity contribution in [1.29, 1.82) is 0 Å². The number of benzene rings is 2. The fourth-order valence-electron chi connectivity index (χ4n) is 3.55. The second-order valence-electron chi connectivity index (χ2n) is 8.49. The smallest absolute Gasteiger partial charge is 0.453 e. The Kier molecular flexibility index (Phi) is 10.1. The Labute approximate surface area is 229 Å². The van der Waals surface area contributed by atoms with Crippen LogP contribution in [0.3, 0.4) is 0 Å². The van der Waals surface area contributed by atoms with Crippen molar-refractivity contribution in [3.63, 3.8) is 0 Å². The summed E-state index contributed by atoms with van der Waals surface area (Å²) in [5, 5.41) is 14.2. The second-order valence-corrected chi connectivity index (χ2v) is 8.93. The molecule has 2 aromatic rings. The number of aliphatic hydroxyl groups is 1. The third-order valence-electron chi connectivity index (χ3n) is 5.59. The van der Waals surface area contributed by atoms with Gasteiger partial charge in [-0.2, -0.15) is 0 Å². The van der Waals surface area contributed by atoms with Gasteiger partial charge in [0.1, 0.15) is 0 Å². The fourth-order valence-corrected chi connectivity index (χ4v) is 3.75. The van der Waals surface area contributed by atoms with Gasteiger partial charge in [-0.25, -0.2) is 19.2 Å². The first kappa shape index (κ1) is 29.7. The predicted molar refractivity (Wildman–Crippen MR) is 134 cm³/mol. The standard InChI is InChI=1S/C26H28ClNO11/c1-15(28-12-19(29)17-5-4-6-18(27)11-17)9-16-7-8-20-21(10-16)39-26(38-20,24(32)36-13-22(30)34-2)25(33)37-14-23(31)35-3/h4-8,10-11,15,19,28-29H,9,12-14H2,1-3H3. The van der Waals surface area contributed by atoms with Crippen LogP contribution in [0.2, 0.25) is 5.02 Å². The molecule has 13 heteroatoms. The van der Waals surface area contributed by atoms with Gasteiger partial charge in [-0.1, -0.05) is 29.8 Å². The van der Waals surface area contributed by atoms with E-state index in [-0.39, 0.29) is 24.1 Å². The number of hydrogen-bond acceptors (Lipinski definition) is 12. The normalized spacial score (nSPS) is 14.6. The number of aliphatic hydroxyl groups excluding tert-OH is 1. The molecule has 0 aliphatic carbocycles. The zero-order chi connectivity index (χ0) is 28.6. The van der Waals surface area contributed by atoms with Crippen LogP contribution in [-0.4, -0.2) is 74.8 Å². The molecule has 2 N–H and O–H groups in total. The van der Waals surface area contributed by atoms with Crippen molar-refractivity contribution in [3.05, 3.63) is 58.6 Å². The second kappa shape index (κ2) is 13.3. The molecule has 0 saturated carbocycles. The first-order valence-corrected chi connectivity index (χ1v) is 12.1. The van der Waals surface area contributed by atoms with Gasteiger partial charge < -0.3 is 38.8 Å². The number of nitrogens with one attached hydrogen (secondary N) is 1. The maximum atomic E-state index is 12.8. The molecule has 1 heterocycles. The summed E-state index contributed by atoms with van der Waals surface area (Å²) < 4.78 is 29.6. The lowest BCUT2D eigenvalue weighted by Gasteiger charge is -2.22. The molecule has 0 spiro atoms. The zero-order valence-electron chi connectivity index (χ0n) is 21.4. The molecule has 0 aromatic heterocycles. The summed E-state index contributed by atoms with van der Waals surface area (Å²) in [4.78, 5) is 48.5. The molecular formula is C26H28ClNO11. The monoisotopic (exact) mass is 565 g/mol. The largest absolute Gasteiger partial charge is 0.466 e. The highest BCUT2D eigenvalue weighted by molar-refractivity contribution is 6.30. The van der Waals surface area contributed by atoms with Gasteiger partial charge in [0.15, 0.2) is 24.7 Å². The van der Waals surface area contributed by atoms with E-state index in [0.717, 1.165) is 19.8 Å². The number of fused-ring (bicyclic) bond motifs is 1. The van der Waals surface area contributed by atoms with E-state index in [1.54, 1.807) is 36.4 Å². The van der Waals surface area contributed by atoms with Crippen LogP contribution in [0.5, 0.6) is 11.5 Å². The Morgan fingerprint density at radius 3 is 2.15 bits per heavy atom. The van der Waals surface area contributed by atoms with Crippen molar-refractivity contribution in [2.24, 2.45) is 0 Å². The van der Waals surface area contributed by atoms with Crippen LogP contribution in [0.25, 0.3) is 0 Å². The first-order valence-electron chi connectivity index (χ1n) is 11.7. The Bertz CT molecular complexity index is 1190. The van der Waals surface area contributed by atoms with Gasteiger partial charge >= 0.3 is 29.7 Å². The van der Waals surface area contributed by atoms with Gasteiger partial charge in [-0.05, 0) is 48.7 Å². The molecule has 0 bridgehead atoms. The SMILES string of the molecule is COC(=O)COC(=O)C1(C(=O)OCC(=O)OC)Oc2ccc(CC(C)NCC(O)c3cccc(Cl)c3)cc2O1. The summed E-state index contributed by atoms with van der Waals surface area (Å²) in [6.45, 7) is 0.543. The van der Waals surface area contributed by atoms with Gasteiger partial charge in [0.2, 0.25) is 0 Å². The molecule has 2 atom stereocenters. The fraction of sp³-hybridized carbons (Fsp3) is 0.385. The summed E-state index contributed by atoms with van der Waals surface area (Å²) >= 11 is 5.99. The van der Waals surface area contributed by atoms with Crippen LogP contribution < -0.4 is 14.8 Å². The highest BCUT2D eigenvalue weighted by Gasteiger charge is 2.60. The molecule has 210 valence electrons. The van der Waals surface area contributed by atoms with Gasteiger partial charge in [0.05, 0.1) is 20.3 Å². The summed E-state index contributed by atoms with van der Waals surface area (Å²) in [7, 11) is 2.18.